The normalized spacial score (nSPS) is 9.86. The Morgan fingerprint density at radius 3 is 2.71 bits per heavy atom. The van der Waals surface area contributed by atoms with Crippen LogP contribution in [0.2, 0.25) is 0 Å². The minimum atomic E-state index is -0.939. The van der Waals surface area contributed by atoms with Crippen molar-refractivity contribution in [3.05, 3.63) is 29.3 Å². The zero-order valence-corrected chi connectivity index (χ0v) is 8.11. The molecule has 0 saturated heterocycles. The molecule has 14 heavy (non-hydrogen) atoms. The third kappa shape index (κ3) is 2.47. The third-order valence-electron chi connectivity index (χ3n) is 1.75. The maximum absolute atomic E-state index is 10.6. The van der Waals surface area contributed by atoms with Gasteiger partial charge in [-0.2, -0.15) is 0 Å². The first kappa shape index (κ1) is 10.5. The zero-order chi connectivity index (χ0) is 10.6. The molecule has 1 aromatic carbocycles. The number of aryl methyl sites for hydroxylation is 1. The van der Waals surface area contributed by atoms with Gasteiger partial charge in [-0.25, -0.2) is 4.79 Å². The van der Waals surface area contributed by atoms with Gasteiger partial charge < -0.3 is 14.6 Å². The van der Waals surface area contributed by atoms with Gasteiger partial charge in [-0.05, 0) is 30.7 Å². The maximum Gasteiger partial charge on any atom is 0.335 e. The molecule has 0 aromatic heterocycles. The summed E-state index contributed by atoms with van der Waals surface area (Å²) < 4.78 is 9.95. The first-order chi connectivity index (χ1) is 6.65. The van der Waals surface area contributed by atoms with Gasteiger partial charge in [0.25, 0.3) is 0 Å². The van der Waals surface area contributed by atoms with Crippen LogP contribution in [0.1, 0.15) is 15.9 Å². The number of methoxy groups -OCH3 is 1. The summed E-state index contributed by atoms with van der Waals surface area (Å²) >= 11 is 0. The van der Waals surface area contributed by atoms with E-state index < -0.39 is 5.97 Å². The molecule has 76 valence electrons. The van der Waals surface area contributed by atoms with Crippen LogP contribution in [-0.4, -0.2) is 25.0 Å². The van der Waals surface area contributed by atoms with Gasteiger partial charge in [0.15, 0.2) is 6.79 Å². The van der Waals surface area contributed by atoms with Crippen molar-refractivity contribution in [1.29, 1.82) is 0 Å². The lowest BCUT2D eigenvalue weighted by molar-refractivity contribution is 0.0506. The molecule has 0 atom stereocenters. The van der Waals surface area contributed by atoms with Gasteiger partial charge in [0.05, 0.1) is 5.56 Å². The van der Waals surface area contributed by atoms with Gasteiger partial charge in [-0.15, -0.1) is 0 Å². The van der Waals surface area contributed by atoms with Gasteiger partial charge in [-0.3, -0.25) is 0 Å². The van der Waals surface area contributed by atoms with E-state index in [2.05, 4.69) is 0 Å². The molecular weight excluding hydrogens is 184 g/mol. The highest BCUT2D eigenvalue weighted by Crippen LogP contribution is 2.18. The number of hydrogen-bond acceptors (Lipinski definition) is 3. The summed E-state index contributed by atoms with van der Waals surface area (Å²) in [5.74, 6) is -0.303. The van der Waals surface area contributed by atoms with E-state index in [0.29, 0.717) is 5.75 Å². The highest BCUT2D eigenvalue weighted by molar-refractivity contribution is 5.88. The van der Waals surface area contributed by atoms with Crippen LogP contribution in [0, 0.1) is 6.92 Å². The summed E-state index contributed by atoms with van der Waals surface area (Å²) in [6.45, 7) is 1.95. The monoisotopic (exact) mass is 196 g/mol. The van der Waals surface area contributed by atoms with Crippen LogP contribution >= 0.6 is 0 Å². The molecule has 0 aliphatic rings. The van der Waals surface area contributed by atoms with Crippen molar-refractivity contribution in [3.8, 4) is 5.75 Å². The Morgan fingerprint density at radius 2 is 2.21 bits per heavy atom. The van der Waals surface area contributed by atoms with Crippen LogP contribution in [0.4, 0.5) is 0 Å². The molecular formula is C10H12O4. The van der Waals surface area contributed by atoms with Gasteiger partial charge in [0.1, 0.15) is 5.75 Å². The van der Waals surface area contributed by atoms with Crippen LogP contribution in [0.25, 0.3) is 0 Å². The summed E-state index contributed by atoms with van der Waals surface area (Å²) in [6, 6.07) is 4.69. The number of carboxylic acid groups (broad SMARTS) is 1. The fourth-order valence-corrected chi connectivity index (χ4v) is 1.07. The highest BCUT2D eigenvalue weighted by Gasteiger charge is 2.05. The first-order valence-electron chi connectivity index (χ1n) is 4.11. The number of benzene rings is 1. The number of carboxylic acids is 1. The second-order valence-electron chi connectivity index (χ2n) is 2.84. The van der Waals surface area contributed by atoms with Gasteiger partial charge >= 0.3 is 5.97 Å². The Morgan fingerprint density at radius 1 is 1.50 bits per heavy atom. The minimum absolute atomic E-state index is 0.160. The molecule has 0 aliphatic carbocycles. The molecule has 0 amide bonds. The fraction of sp³-hybridized carbons (Fsp3) is 0.300. The van der Waals surface area contributed by atoms with E-state index in [4.69, 9.17) is 14.6 Å². The smallest absolute Gasteiger partial charge is 0.335 e. The first-order valence-corrected chi connectivity index (χ1v) is 4.11. The highest BCUT2D eigenvalue weighted by atomic mass is 16.7. The van der Waals surface area contributed by atoms with Crippen molar-refractivity contribution in [2.24, 2.45) is 0 Å². The van der Waals surface area contributed by atoms with Crippen LogP contribution < -0.4 is 4.74 Å². The van der Waals surface area contributed by atoms with Crippen molar-refractivity contribution < 1.29 is 19.4 Å². The van der Waals surface area contributed by atoms with Crippen LogP contribution in [-0.2, 0) is 4.74 Å². The lowest BCUT2D eigenvalue weighted by Gasteiger charge is -2.07. The number of carbonyl (C=O) groups is 1. The van der Waals surface area contributed by atoms with Gasteiger partial charge in [-0.1, -0.05) is 0 Å². The molecule has 4 heteroatoms. The van der Waals surface area contributed by atoms with Crippen molar-refractivity contribution in [1.82, 2.24) is 0 Å². The Balaban J connectivity index is 2.84. The van der Waals surface area contributed by atoms with Crippen molar-refractivity contribution in [3.63, 3.8) is 0 Å². The van der Waals surface area contributed by atoms with Crippen molar-refractivity contribution in [2.75, 3.05) is 13.9 Å². The average Bonchev–Trinajstić information content (AvgIpc) is 2.15. The number of ether oxygens (including phenoxy) is 2. The van der Waals surface area contributed by atoms with E-state index in [9.17, 15) is 4.79 Å². The van der Waals surface area contributed by atoms with Crippen LogP contribution in [0.3, 0.4) is 0 Å². The molecule has 0 fully saturated rings. The van der Waals surface area contributed by atoms with E-state index >= 15 is 0 Å². The number of hydrogen-bond donors (Lipinski definition) is 1. The molecule has 0 bridgehead atoms. The molecule has 0 radical (unpaired) electrons. The van der Waals surface area contributed by atoms with E-state index in [1.165, 1.54) is 13.2 Å². The van der Waals surface area contributed by atoms with Gasteiger partial charge in [0, 0.05) is 7.11 Å². The average molecular weight is 196 g/mol. The van der Waals surface area contributed by atoms with Crippen molar-refractivity contribution >= 4 is 5.97 Å². The lowest BCUT2D eigenvalue weighted by atomic mass is 10.1. The Hall–Kier alpha value is -1.55. The van der Waals surface area contributed by atoms with Crippen LogP contribution in [0.5, 0.6) is 5.75 Å². The molecule has 4 nitrogen and oxygen atoms in total. The minimum Gasteiger partial charge on any atom is -0.478 e. The Kier molecular flexibility index (Phi) is 3.48. The summed E-state index contributed by atoms with van der Waals surface area (Å²) in [6.07, 6.45) is 0. The lowest BCUT2D eigenvalue weighted by Crippen LogP contribution is -2.02. The summed E-state index contributed by atoms with van der Waals surface area (Å²) in [5, 5.41) is 8.71. The third-order valence-corrected chi connectivity index (χ3v) is 1.75. The van der Waals surface area contributed by atoms with E-state index in [-0.39, 0.29) is 12.4 Å². The molecule has 0 spiro atoms. The predicted molar refractivity (Wildman–Crippen MR) is 50.6 cm³/mol. The molecule has 1 aromatic rings. The topological polar surface area (TPSA) is 55.8 Å². The van der Waals surface area contributed by atoms with Crippen LogP contribution in [0.15, 0.2) is 18.2 Å². The quantitative estimate of drug-likeness (QED) is 0.744. The molecule has 0 saturated carbocycles. The van der Waals surface area contributed by atoms with Crippen molar-refractivity contribution in [2.45, 2.75) is 6.92 Å². The second-order valence-corrected chi connectivity index (χ2v) is 2.84. The molecule has 0 aliphatic heterocycles. The Labute approximate surface area is 82.1 Å². The standard InChI is InChI=1S/C10H12O4/c1-7-5-8(10(11)12)3-4-9(7)14-6-13-2/h3-5H,6H2,1-2H3,(H,11,12). The zero-order valence-electron chi connectivity index (χ0n) is 8.11. The molecule has 0 unspecified atom stereocenters. The summed E-state index contributed by atoms with van der Waals surface area (Å²) in [4.78, 5) is 10.6. The molecule has 1 N–H and O–H groups in total. The van der Waals surface area contributed by atoms with E-state index in [1.54, 1.807) is 19.1 Å². The maximum atomic E-state index is 10.6. The SMILES string of the molecule is COCOc1ccc(C(=O)O)cc1C. The largest absolute Gasteiger partial charge is 0.478 e. The fourth-order valence-electron chi connectivity index (χ4n) is 1.07. The van der Waals surface area contributed by atoms with E-state index in [0.717, 1.165) is 5.56 Å². The number of aromatic carboxylic acids is 1. The number of rotatable bonds is 4. The molecule has 1 rings (SSSR count). The second kappa shape index (κ2) is 4.62. The van der Waals surface area contributed by atoms with Gasteiger partial charge in [0.2, 0.25) is 0 Å². The predicted octanol–water partition coefficient (Wildman–Crippen LogP) is 1.68. The summed E-state index contributed by atoms with van der Waals surface area (Å²) in [7, 11) is 1.53. The van der Waals surface area contributed by atoms with E-state index in [1.807, 2.05) is 0 Å². The molecule has 0 heterocycles. The summed E-state index contributed by atoms with van der Waals surface area (Å²) in [5.41, 5.74) is 1.04. The Bertz CT molecular complexity index is 333.